The molecule has 1 aromatic heterocycles. The van der Waals surface area contributed by atoms with E-state index in [2.05, 4.69) is 37.0 Å². The van der Waals surface area contributed by atoms with Gasteiger partial charge in [0.25, 0.3) is 0 Å². The summed E-state index contributed by atoms with van der Waals surface area (Å²) in [6.07, 6.45) is 0. The van der Waals surface area contributed by atoms with E-state index in [4.69, 9.17) is 10.3 Å². The van der Waals surface area contributed by atoms with Crippen LogP contribution < -0.4 is 5.73 Å². The molecule has 0 atom stereocenters. The minimum absolute atomic E-state index is 0.231. The quantitative estimate of drug-likeness (QED) is 0.626. The largest absolute Gasteiger partial charge is 0.380 e. The van der Waals surface area contributed by atoms with Crippen LogP contribution >= 0.6 is 31.9 Å². The lowest BCUT2D eigenvalue weighted by Gasteiger charge is -2.04. The first-order chi connectivity index (χ1) is 10.1. The molecule has 0 fully saturated rings. The normalized spacial score (nSPS) is 10.8. The number of halogens is 3. The molecule has 2 aromatic carbocycles. The molecule has 0 bridgehead atoms. The van der Waals surface area contributed by atoms with Gasteiger partial charge in [-0.15, -0.1) is 0 Å². The topological polar surface area (TPSA) is 52.0 Å². The van der Waals surface area contributed by atoms with Crippen LogP contribution in [0.4, 0.5) is 10.2 Å². The van der Waals surface area contributed by atoms with Crippen molar-refractivity contribution in [2.45, 2.75) is 0 Å². The van der Waals surface area contributed by atoms with Gasteiger partial charge in [-0.25, -0.2) is 4.39 Å². The molecular formula is C15H9Br2FN2O. The van der Waals surface area contributed by atoms with Gasteiger partial charge in [0.05, 0.1) is 11.1 Å². The van der Waals surface area contributed by atoms with Crippen molar-refractivity contribution in [3.63, 3.8) is 0 Å². The number of rotatable bonds is 2. The molecule has 2 N–H and O–H groups in total. The van der Waals surface area contributed by atoms with Crippen LogP contribution in [0, 0.1) is 5.82 Å². The SMILES string of the molecule is Nc1noc(-c2ccc(Br)cc2F)c1-c1ccc(Br)cc1. The third-order valence-corrected chi connectivity index (χ3v) is 4.05. The fourth-order valence-electron chi connectivity index (χ4n) is 2.06. The molecule has 3 nitrogen and oxygen atoms in total. The summed E-state index contributed by atoms with van der Waals surface area (Å²) in [5.74, 6) is 0.147. The van der Waals surface area contributed by atoms with Gasteiger partial charge in [0.2, 0.25) is 0 Å². The molecule has 0 aliphatic rings. The standard InChI is InChI=1S/C15H9Br2FN2O/c16-9-3-1-8(2-4-9)13-14(21-20-15(13)19)11-6-5-10(17)7-12(11)18/h1-7H,(H2,19,20). The van der Waals surface area contributed by atoms with Gasteiger partial charge < -0.3 is 10.3 Å². The fourth-order valence-corrected chi connectivity index (χ4v) is 2.65. The van der Waals surface area contributed by atoms with Gasteiger partial charge in [-0.3, -0.25) is 0 Å². The summed E-state index contributed by atoms with van der Waals surface area (Å²) in [6.45, 7) is 0. The molecule has 21 heavy (non-hydrogen) atoms. The van der Waals surface area contributed by atoms with E-state index in [0.29, 0.717) is 21.4 Å². The number of hydrogen-bond donors (Lipinski definition) is 1. The van der Waals surface area contributed by atoms with Gasteiger partial charge in [-0.2, -0.15) is 0 Å². The van der Waals surface area contributed by atoms with Crippen molar-refractivity contribution in [1.82, 2.24) is 5.16 Å². The first kappa shape index (κ1) is 14.3. The molecule has 3 rings (SSSR count). The third kappa shape index (κ3) is 2.73. The van der Waals surface area contributed by atoms with Gasteiger partial charge in [0.1, 0.15) is 5.82 Å². The van der Waals surface area contributed by atoms with E-state index in [-0.39, 0.29) is 5.82 Å². The van der Waals surface area contributed by atoms with Crippen molar-refractivity contribution in [2.75, 3.05) is 5.73 Å². The average Bonchev–Trinajstić information content (AvgIpc) is 2.82. The molecule has 0 spiro atoms. The van der Waals surface area contributed by atoms with Crippen LogP contribution in [0.5, 0.6) is 0 Å². The van der Waals surface area contributed by atoms with Crippen molar-refractivity contribution in [2.24, 2.45) is 0 Å². The lowest BCUT2D eigenvalue weighted by Crippen LogP contribution is -1.90. The smallest absolute Gasteiger partial charge is 0.179 e. The number of nitrogens with zero attached hydrogens (tertiary/aromatic N) is 1. The lowest BCUT2D eigenvalue weighted by atomic mass is 10.0. The molecule has 0 aliphatic carbocycles. The number of benzene rings is 2. The lowest BCUT2D eigenvalue weighted by molar-refractivity contribution is 0.433. The Morgan fingerprint density at radius 1 is 1.00 bits per heavy atom. The van der Waals surface area contributed by atoms with E-state index in [1.165, 1.54) is 6.07 Å². The zero-order valence-electron chi connectivity index (χ0n) is 10.6. The van der Waals surface area contributed by atoms with E-state index >= 15 is 0 Å². The Labute approximate surface area is 137 Å². The Balaban J connectivity index is 2.19. The van der Waals surface area contributed by atoms with Crippen molar-refractivity contribution in [3.8, 4) is 22.5 Å². The molecule has 0 saturated carbocycles. The van der Waals surface area contributed by atoms with Gasteiger partial charge >= 0.3 is 0 Å². The summed E-state index contributed by atoms with van der Waals surface area (Å²) in [4.78, 5) is 0. The first-order valence-electron chi connectivity index (χ1n) is 6.03. The minimum atomic E-state index is -0.404. The molecular weight excluding hydrogens is 403 g/mol. The second-order valence-corrected chi connectivity index (χ2v) is 6.23. The number of nitrogen functional groups attached to an aromatic ring is 1. The van der Waals surface area contributed by atoms with Gasteiger partial charge in [-0.05, 0) is 35.9 Å². The van der Waals surface area contributed by atoms with Crippen LogP contribution in [0.25, 0.3) is 22.5 Å². The molecule has 0 unspecified atom stereocenters. The number of nitrogens with two attached hydrogens (primary N) is 1. The molecule has 0 saturated heterocycles. The Morgan fingerprint density at radius 2 is 1.67 bits per heavy atom. The fraction of sp³-hybridized carbons (Fsp3) is 0. The monoisotopic (exact) mass is 410 g/mol. The highest BCUT2D eigenvalue weighted by Crippen LogP contribution is 2.38. The maximum Gasteiger partial charge on any atom is 0.179 e. The molecule has 0 aliphatic heterocycles. The Bertz CT molecular complexity index is 800. The third-order valence-electron chi connectivity index (χ3n) is 3.03. The summed E-state index contributed by atoms with van der Waals surface area (Å²) in [5.41, 5.74) is 7.60. The van der Waals surface area contributed by atoms with Gasteiger partial charge in [-0.1, -0.05) is 49.1 Å². The summed E-state index contributed by atoms with van der Waals surface area (Å²) in [6, 6.07) is 12.2. The highest BCUT2D eigenvalue weighted by molar-refractivity contribution is 9.10. The van der Waals surface area contributed by atoms with Crippen molar-refractivity contribution in [3.05, 3.63) is 57.2 Å². The Kier molecular flexibility index (Phi) is 3.82. The highest BCUT2D eigenvalue weighted by Gasteiger charge is 2.20. The summed E-state index contributed by atoms with van der Waals surface area (Å²) in [7, 11) is 0. The number of hydrogen-bond acceptors (Lipinski definition) is 3. The zero-order valence-corrected chi connectivity index (χ0v) is 13.8. The summed E-state index contributed by atoms with van der Waals surface area (Å²) >= 11 is 6.60. The van der Waals surface area contributed by atoms with Gasteiger partial charge in [0.15, 0.2) is 11.6 Å². The van der Waals surface area contributed by atoms with E-state index in [0.717, 1.165) is 10.0 Å². The van der Waals surface area contributed by atoms with E-state index in [1.54, 1.807) is 12.1 Å². The highest BCUT2D eigenvalue weighted by atomic mass is 79.9. The maximum absolute atomic E-state index is 14.1. The number of aromatic nitrogens is 1. The summed E-state index contributed by atoms with van der Waals surface area (Å²) in [5, 5.41) is 3.77. The number of anilines is 1. The Morgan fingerprint density at radius 3 is 2.33 bits per heavy atom. The van der Waals surface area contributed by atoms with Crippen LogP contribution in [0.3, 0.4) is 0 Å². The van der Waals surface area contributed by atoms with Crippen molar-refractivity contribution in [1.29, 1.82) is 0 Å². The van der Waals surface area contributed by atoms with E-state index in [1.807, 2.05) is 24.3 Å². The molecule has 106 valence electrons. The van der Waals surface area contributed by atoms with Crippen molar-refractivity contribution < 1.29 is 8.91 Å². The zero-order chi connectivity index (χ0) is 15.0. The predicted octanol–water partition coefficient (Wildman–Crippen LogP) is 5.25. The molecule has 1 heterocycles. The predicted molar refractivity (Wildman–Crippen MR) is 87.1 cm³/mol. The van der Waals surface area contributed by atoms with E-state index < -0.39 is 5.82 Å². The molecule has 0 amide bonds. The maximum atomic E-state index is 14.1. The molecule has 3 aromatic rings. The second kappa shape index (κ2) is 5.61. The van der Waals surface area contributed by atoms with E-state index in [9.17, 15) is 4.39 Å². The first-order valence-corrected chi connectivity index (χ1v) is 7.61. The van der Waals surface area contributed by atoms with Crippen LogP contribution in [-0.2, 0) is 0 Å². The average molecular weight is 412 g/mol. The minimum Gasteiger partial charge on any atom is -0.380 e. The van der Waals surface area contributed by atoms with Crippen LogP contribution in [0.15, 0.2) is 55.9 Å². The van der Waals surface area contributed by atoms with Crippen LogP contribution in [0.2, 0.25) is 0 Å². The van der Waals surface area contributed by atoms with Crippen LogP contribution in [0.1, 0.15) is 0 Å². The molecule has 6 heteroatoms. The van der Waals surface area contributed by atoms with Crippen molar-refractivity contribution >= 4 is 37.7 Å². The molecule has 0 radical (unpaired) electrons. The van der Waals surface area contributed by atoms with Crippen LogP contribution in [-0.4, -0.2) is 5.16 Å². The Hall–Kier alpha value is -1.66. The second-order valence-electron chi connectivity index (χ2n) is 4.40. The van der Waals surface area contributed by atoms with Gasteiger partial charge in [0, 0.05) is 8.95 Å². The summed E-state index contributed by atoms with van der Waals surface area (Å²) < 4.78 is 21.0.